The van der Waals surface area contributed by atoms with Gasteiger partial charge in [-0.25, -0.2) is 4.98 Å². The van der Waals surface area contributed by atoms with Crippen molar-refractivity contribution in [3.63, 3.8) is 0 Å². The van der Waals surface area contributed by atoms with E-state index < -0.39 is 4.92 Å². The molecular weight excluding hydrogens is 312 g/mol. The molecule has 0 saturated heterocycles. The summed E-state index contributed by atoms with van der Waals surface area (Å²) in [7, 11) is 0. The van der Waals surface area contributed by atoms with Crippen LogP contribution in [0.4, 0.5) is 11.5 Å². The van der Waals surface area contributed by atoms with Gasteiger partial charge in [-0.15, -0.1) is 0 Å². The molecule has 1 aromatic carbocycles. The van der Waals surface area contributed by atoms with Gasteiger partial charge in [0.05, 0.1) is 20.0 Å². The molecule has 1 aromatic heterocycles. The van der Waals surface area contributed by atoms with Crippen LogP contribution in [0.15, 0.2) is 24.4 Å². The van der Waals surface area contributed by atoms with Crippen molar-refractivity contribution in [1.82, 2.24) is 4.98 Å². The predicted molar refractivity (Wildman–Crippen MR) is 75.8 cm³/mol. The van der Waals surface area contributed by atoms with Crippen molar-refractivity contribution >= 4 is 46.3 Å². The molecule has 19 heavy (non-hydrogen) atoms. The van der Waals surface area contributed by atoms with Gasteiger partial charge in [-0.2, -0.15) is 0 Å². The first-order valence-corrected chi connectivity index (χ1v) is 6.08. The van der Waals surface area contributed by atoms with E-state index in [9.17, 15) is 10.1 Å². The molecule has 0 radical (unpaired) electrons. The van der Waals surface area contributed by atoms with Crippen LogP contribution in [0.5, 0.6) is 0 Å². The molecule has 0 atom stereocenters. The van der Waals surface area contributed by atoms with Crippen molar-refractivity contribution in [2.45, 2.75) is 0 Å². The van der Waals surface area contributed by atoms with Gasteiger partial charge in [0.25, 0.3) is 5.69 Å². The van der Waals surface area contributed by atoms with Crippen LogP contribution in [-0.2, 0) is 0 Å². The molecule has 98 valence electrons. The Bertz CT molecular complexity index is 676. The predicted octanol–water partition coefficient (Wildman–Crippen LogP) is 4.20. The summed E-state index contributed by atoms with van der Waals surface area (Å²) in [6.07, 6.45) is 1.07. The molecule has 0 amide bonds. The van der Waals surface area contributed by atoms with Gasteiger partial charge in [0, 0.05) is 17.2 Å². The summed E-state index contributed by atoms with van der Waals surface area (Å²) in [5, 5.41) is 11.6. The highest BCUT2D eigenvalue weighted by molar-refractivity contribution is 6.44. The first kappa shape index (κ1) is 13.9. The highest BCUT2D eigenvalue weighted by Crippen LogP contribution is 2.38. The number of nitrogen functional groups attached to an aromatic ring is 1. The van der Waals surface area contributed by atoms with E-state index in [0.29, 0.717) is 11.1 Å². The number of nitro groups is 1. The highest BCUT2D eigenvalue weighted by Gasteiger charge is 2.16. The largest absolute Gasteiger partial charge is 0.383 e. The standard InChI is InChI=1S/C11H6Cl3N3O2/c12-8-3-10(14)9(13)2-6(8)7-1-5(17(18)19)4-16-11(7)15/h1-4H,(H2,15,16). The van der Waals surface area contributed by atoms with E-state index in [-0.39, 0.29) is 26.6 Å². The second-order valence-electron chi connectivity index (χ2n) is 3.63. The number of hydrogen-bond donors (Lipinski definition) is 1. The minimum Gasteiger partial charge on any atom is -0.383 e. The maximum atomic E-state index is 10.7. The Hall–Kier alpha value is -1.56. The maximum absolute atomic E-state index is 10.7. The van der Waals surface area contributed by atoms with Crippen LogP contribution < -0.4 is 5.73 Å². The van der Waals surface area contributed by atoms with Crippen LogP contribution in [-0.4, -0.2) is 9.91 Å². The summed E-state index contributed by atoms with van der Waals surface area (Å²) < 4.78 is 0. The molecule has 2 aromatic rings. The van der Waals surface area contributed by atoms with Gasteiger partial charge in [-0.05, 0) is 12.1 Å². The van der Waals surface area contributed by atoms with Crippen molar-refractivity contribution in [2.75, 3.05) is 5.73 Å². The third-order valence-corrected chi connectivity index (χ3v) is 3.45. The van der Waals surface area contributed by atoms with Gasteiger partial charge < -0.3 is 5.73 Å². The number of halogens is 3. The third kappa shape index (κ3) is 2.73. The zero-order chi connectivity index (χ0) is 14.2. The summed E-state index contributed by atoms with van der Waals surface area (Å²) >= 11 is 17.8. The number of rotatable bonds is 2. The van der Waals surface area contributed by atoms with E-state index >= 15 is 0 Å². The van der Waals surface area contributed by atoms with Crippen LogP contribution in [0.3, 0.4) is 0 Å². The Morgan fingerprint density at radius 3 is 2.32 bits per heavy atom. The van der Waals surface area contributed by atoms with Gasteiger partial charge in [0.15, 0.2) is 0 Å². The Balaban J connectivity index is 2.67. The number of pyridine rings is 1. The fourth-order valence-corrected chi connectivity index (χ4v) is 2.16. The normalized spacial score (nSPS) is 10.5. The smallest absolute Gasteiger partial charge is 0.288 e. The van der Waals surface area contributed by atoms with E-state index in [4.69, 9.17) is 40.5 Å². The maximum Gasteiger partial charge on any atom is 0.288 e. The molecule has 0 saturated carbocycles. The van der Waals surface area contributed by atoms with Crippen molar-refractivity contribution in [3.05, 3.63) is 49.6 Å². The summed E-state index contributed by atoms with van der Waals surface area (Å²) in [5.41, 5.74) is 6.29. The molecular formula is C11H6Cl3N3O2. The quantitative estimate of drug-likeness (QED) is 0.511. The average molecular weight is 319 g/mol. The highest BCUT2D eigenvalue weighted by atomic mass is 35.5. The van der Waals surface area contributed by atoms with Crippen molar-refractivity contribution in [2.24, 2.45) is 0 Å². The van der Waals surface area contributed by atoms with Gasteiger partial charge in [0.2, 0.25) is 0 Å². The first-order valence-electron chi connectivity index (χ1n) is 4.95. The molecule has 0 aliphatic heterocycles. The molecule has 0 bridgehead atoms. The van der Waals surface area contributed by atoms with E-state index in [1.165, 1.54) is 18.2 Å². The summed E-state index contributed by atoms with van der Waals surface area (Å²) in [5.74, 6) is 0.117. The lowest BCUT2D eigenvalue weighted by atomic mass is 10.1. The Kier molecular flexibility index (Phi) is 3.80. The van der Waals surface area contributed by atoms with E-state index in [1.807, 2.05) is 0 Å². The molecule has 0 aliphatic carbocycles. The zero-order valence-corrected chi connectivity index (χ0v) is 11.5. The number of aromatic nitrogens is 1. The third-order valence-electron chi connectivity index (χ3n) is 2.42. The number of anilines is 1. The fraction of sp³-hybridized carbons (Fsp3) is 0. The molecule has 2 N–H and O–H groups in total. The molecule has 0 fully saturated rings. The summed E-state index contributed by atoms with van der Waals surface area (Å²) in [6, 6.07) is 4.22. The van der Waals surface area contributed by atoms with Gasteiger partial charge in [0.1, 0.15) is 12.0 Å². The molecule has 1 heterocycles. The fourth-order valence-electron chi connectivity index (χ4n) is 1.51. The zero-order valence-electron chi connectivity index (χ0n) is 9.23. The van der Waals surface area contributed by atoms with E-state index in [1.54, 1.807) is 0 Å². The monoisotopic (exact) mass is 317 g/mol. The molecule has 0 aliphatic rings. The molecule has 2 rings (SSSR count). The molecule has 8 heteroatoms. The minimum atomic E-state index is -0.568. The second kappa shape index (κ2) is 5.21. The van der Waals surface area contributed by atoms with Crippen LogP contribution in [0.2, 0.25) is 15.1 Å². The van der Waals surface area contributed by atoms with Crippen molar-refractivity contribution in [3.8, 4) is 11.1 Å². The summed E-state index contributed by atoms with van der Waals surface area (Å²) in [6.45, 7) is 0. The number of hydrogen-bond acceptors (Lipinski definition) is 4. The Labute approximate surface area is 123 Å². The van der Waals surface area contributed by atoms with Crippen molar-refractivity contribution in [1.29, 1.82) is 0 Å². The van der Waals surface area contributed by atoms with E-state index in [0.717, 1.165) is 6.20 Å². The average Bonchev–Trinajstić information content (AvgIpc) is 2.34. The minimum absolute atomic E-state index is 0.117. The second-order valence-corrected chi connectivity index (χ2v) is 4.85. The molecule has 5 nitrogen and oxygen atoms in total. The SMILES string of the molecule is Nc1ncc([N+](=O)[O-])cc1-c1cc(Cl)c(Cl)cc1Cl. The first-order chi connectivity index (χ1) is 8.90. The summed E-state index contributed by atoms with van der Waals surface area (Å²) in [4.78, 5) is 13.9. The van der Waals surface area contributed by atoms with Gasteiger partial charge in [-0.1, -0.05) is 34.8 Å². The number of benzene rings is 1. The van der Waals surface area contributed by atoms with E-state index in [2.05, 4.69) is 4.98 Å². The lowest BCUT2D eigenvalue weighted by Gasteiger charge is -2.08. The Morgan fingerprint density at radius 1 is 1.05 bits per heavy atom. The number of nitrogens with zero attached hydrogens (tertiary/aromatic N) is 2. The van der Waals surface area contributed by atoms with Crippen molar-refractivity contribution < 1.29 is 4.92 Å². The molecule has 0 unspecified atom stereocenters. The van der Waals surface area contributed by atoms with Crippen LogP contribution in [0, 0.1) is 10.1 Å². The lowest BCUT2D eigenvalue weighted by Crippen LogP contribution is -1.97. The number of nitrogens with two attached hydrogens (primary N) is 1. The van der Waals surface area contributed by atoms with Gasteiger partial charge in [-0.3, -0.25) is 10.1 Å². The van der Waals surface area contributed by atoms with Crippen LogP contribution >= 0.6 is 34.8 Å². The Morgan fingerprint density at radius 2 is 1.68 bits per heavy atom. The van der Waals surface area contributed by atoms with Crippen LogP contribution in [0.25, 0.3) is 11.1 Å². The molecule has 0 spiro atoms. The van der Waals surface area contributed by atoms with Gasteiger partial charge >= 0.3 is 0 Å². The topological polar surface area (TPSA) is 82.0 Å². The lowest BCUT2D eigenvalue weighted by molar-refractivity contribution is -0.385. The van der Waals surface area contributed by atoms with Crippen LogP contribution in [0.1, 0.15) is 0 Å².